The van der Waals surface area contributed by atoms with Crippen molar-refractivity contribution in [3.05, 3.63) is 90.4 Å². The van der Waals surface area contributed by atoms with Gasteiger partial charge in [0.05, 0.1) is 42.0 Å². The summed E-state index contributed by atoms with van der Waals surface area (Å²) in [6, 6.07) is 20.5. The second-order valence-electron chi connectivity index (χ2n) is 10.8. The van der Waals surface area contributed by atoms with E-state index in [1.807, 2.05) is 18.5 Å². The lowest BCUT2D eigenvalue weighted by atomic mass is 10.2. The van der Waals surface area contributed by atoms with Crippen LogP contribution in [-0.4, -0.2) is 60.6 Å². The number of anilines is 2. The highest BCUT2D eigenvalue weighted by molar-refractivity contribution is 7.93. The van der Waals surface area contributed by atoms with Crippen molar-refractivity contribution in [3.63, 3.8) is 0 Å². The van der Waals surface area contributed by atoms with Gasteiger partial charge in [0.1, 0.15) is 23.1 Å². The Bertz CT molecular complexity index is 2070. The summed E-state index contributed by atoms with van der Waals surface area (Å²) in [6.45, 7) is 3.88. The SMILES string of the molecule is CCCCOC(=O)N=C(N)c1ccc(NCc2nc3cc(N(CC(=O)OCC)S(=O)(=O)c4cccc5cccnc45)ccc3n2C)cc1. The van der Waals surface area contributed by atoms with E-state index in [4.69, 9.17) is 20.2 Å². The molecule has 5 aromatic rings. The zero-order chi connectivity index (χ0) is 34.3. The molecule has 250 valence electrons. The molecular formula is C34H37N7O6S. The molecule has 48 heavy (non-hydrogen) atoms. The molecule has 14 heteroatoms. The van der Waals surface area contributed by atoms with Crippen LogP contribution in [0, 0.1) is 0 Å². The maximum absolute atomic E-state index is 14.1. The quantitative estimate of drug-likeness (QED) is 0.0740. The fraction of sp³-hybridized carbons (Fsp3) is 0.265. The molecule has 0 unspecified atom stereocenters. The molecule has 1 amide bonds. The molecular weight excluding hydrogens is 634 g/mol. The number of benzene rings is 3. The molecule has 0 aliphatic rings. The summed E-state index contributed by atoms with van der Waals surface area (Å²) in [5, 5.41) is 3.97. The molecule has 0 bridgehead atoms. The van der Waals surface area contributed by atoms with Crippen molar-refractivity contribution < 1.29 is 27.5 Å². The molecule has 2 heterocycles. The first-order chi connectivity index (χ1) is 23.1. The predicted molar refractivity (Wildman–Crippen MR) is 184 cm³/mol. The number of nitrogens with one attached hydrogen (secondary N) is 1. The molecule has 0 fully saturated rings. The van der Waals surface area contributed by atoms with E-state index < -0.39 is 28.6 Å². The molecule has 3 N–H and O–H groups in total. The highest BCUT2D eigenvalue weighted by Crippen LogP contribution is 2.30. The summed E-state index contributed by atoms with van der Waals surface area (Å²) in [5.41, 5.74) is 9.19. The minimum Gasteiger partial charge on any atom is -0.465 e. The second kappa shape index (κ2) is 14.9. The fourth-order valence-electron chi connectivity index (χ4n) is 5.03. The molecule has 2 aromatic heterocycles. The highest BCUT2D eigenvalue weighted by Gasteiger charge is 2.30. The molecule has 0 saturated carbocycles. The Labute approximate surface area is 278 Å². The van der Waals surface area contributed by atoms with Crippen LogP contribution in [0.3, 0.4) is 0 Å². The lowest BCUT2D eigenvalue weighted by Gasteiger charge is -2.24. The first-order valence-corrected chi connectivity index (χ1v) is 16.9. The number of nitrogens with two attached hydrogens (primary N) is 1. The summed E-state index contributed by atoms with van der Waals surface area (Å²) >= 11 is 0. The van der Waals surface area contributed by atoms with E-state index in [-0.39, 0.29) is 23.0 Å². The molecule has 0 spiro atoms. The van der Waals surface area contributed by atoms with E-state index in [2.05, 4.69) is 15.3 Å². The van der Waals surface area contributed by atoms with Crippen LogP contribution in [0.5, 0.6) is 0 Å². The fourth-order valence-corrected chi connectivity index (χ4v) is 6.60. The zero-order valence-corrected chi connectivity index (χ0v) is 27.7. The third kappa shape index (κ3) is 7.55. The van der Waals surface area contributed by atoms with Crippen LogP contribution in [0.15, 0.2) is 88.9 Å². The molecule has 0 aliphatic heterocycles. The number of amidine groups is 1. The Kier molecular flexibility index (Phi) is 10.5. The van der Waals surface area contributed by atoms with Gasteiger partial charge in [0, 0.05) is 29.9 Å². The predicted octanol–water partition coefficient (Wildman–Crippen LogP) is 5.13. The van der Waals surface area contributed by atoms with Crippen LogP contribution in [-0.2, 0) is 37.9 Å². The lowest BCUT2D eigenvalue weighted by molar-refractivity contribution is -0.141. The molecule has 0 radical (unpaired) electrons. The molecule has 0 saturated heterocycles. The number of hydrogen-bond donors (Lipinski definition) is 2. The van der Waals surface area contributed by atoms with Crippen LogP contribution < -0.4 is 15.4 Å². The van der Waals surface area contributed by atoms with E-state index in [9.17, 15) is 18.0 Å². The van der Waals surface area contributed by atoms with Gasteiger partial charge in [-0.2, -0.15) is 4.99 Å². The second-order valence-corrected chi connectivity index (χ2v) is 12.6. The first-order valence-electron chi connectivity index (χ1n) is 15.4. The molecule has 3 aromatic carbocycles. The van der Waals surface area contributed by atoms with Gasteiger partial charge in [-0.25, -0.2) is 18.2 Å². The van der Waals surface area contributed by atoms with E-state index in [0.29, 0.717) is 41.0 Å². The van der Waals surface area contributed by atoms with Gasteiger partial charge < -0.3 is 25.1 Å². The van der Waals surface area contributed by atoms with Crippen molar-refractivity contribution >= 4 is 61.2 Å². The summed E-state index contributed by atoms with van der Waals surface area (Å²) in [4.78, 5) is 37.4. The smallest absolute Gasteiger partial charge is 0.435 e. The van der Waals surface area contributed by atoms with Gasteiger partial charge in [-0.05, 0) is 67.9 Å². The van der Waals surface area contributed by atoms with Crippen molar-refractivity contribution in [1.29, 1.82) is 0 Å². The van der Waals surface area contributed by atoms with Crippen LogP contribution >= 0.6 is 0 Å². The number of aryl methyl sites for hydroxylation is 1. The Hall–Kier alpha value is -5.50. The highest BCUT2D eigenvalue weighted by atomic mass is 32.2. The van der Waals surface area contributed by atoms with E-state index >= 15 is 0 Å². The number of ether oxygens (including phenoxy) is 2. The largest absolute Gasteiger partial charge is 0.465 e. The Morgan fingerprint density at radius 2 is 1.79 bits per heavy atom. The normalized spacial score (nSPS) is 11.9. The number of hydrogen-bond acceptors (Lipinski definition) is 9. The van der Waals surface area contributed by atoms with E-state index in [1.165, 1.54) is 12.3 Å². The average Bonchev–Trinajstić information content (AvgIpc) is 3.40. The van der Waals surface area contributed by atoms with Gasteiger partial charge in [-0.3, -0.25) is 14.1 Å². The van der Waals surface area contributed by atoms with Gasteiger partial charge in [0.2, 0.25) is 0 Å². The van der Waals surface area contributed by atoms with Gasteiger partial charge in [-0.1, -0.05) is 31.5 Å². The Morgan fingerprint density at radius 1 is 1.02 bits per heavy atom. The summed E-state index contributed by atoms with van der Waals surface area (Å²) in [6.07, 6.45) is 2.47. The number of rotatable bonds is 13. The number of aromatic nitrogens is 3. The number of unbranched alkanes of at least 4 members (excludes halogenated alkanes) is 1. The van der Waals surface area contributed by atoms with Gasteiger partial charge in [-0.15, -0.1) is 0 Å². The number of amides is 1. The number of carbonyl (C=O) groups excluding carboxylic acids is 2. The Morgan fingerprint density at radius 3 is 2.54 bits per heavy atom. The van der Waals surface area contributed by atoms with Crippen molar-refractivity contribution in [2.75, 3.05) is 29.4 Å². The van der Waals surface area contributed by atoms with Gasteiger partial charge in [0.25, 0.3) is 10.0 Å². The van der Waals surface area contributed by atoms with Crippen molar-refractivity contribution in [2.24, 2.45) is 17.8 Å². The zero-order valence-electron chi connectivity index (χ0n) is 26.9. The first kappa shape index (κ1) is 33.9. The van der Waals surface area contributed by atoms with E-state index in [1.54, 1.807) is 73.7 Å². The number of para-hydroxylation sites is 1. The molecule has 0 aliphatic carbocycles. The van der Waals surface area contributed by atoms with E-state index in [0.717, 1.165) is 28.4 Å². The topological polar surface area (TPSA) is 171 Å². The number of imidazole rings is 1. The van der Waals surface area contributed by atoms with Crippen molar-refractivity contribution in [1.82, 2.24) is 14.5 Å². The van der Waals surface area contributed by atoms with Gasteiger partial charge >= 0.3 is 12.1 Å². The number of esters is 1. The molecule has 13 nitrogen and oxygen atoms in total. The Balaban J connectivity index is 1.38. The van der Waals surface area contributed by atoms with Crippen LogP contribution in [0.25, 0.3) is 21.9 Å². The standard InChI is InChI=1S/C34H37N7O6S/c1-4-6-19-47-34(43)39-33(35)24-12-14-25(15-13-24)37-21-30-38-27-20-26(16-17-28(27)40(30)3)41(22-31(42)46-5-2)48(44,45)29-11-7-9-23-10-8-18-36-32(23)29/h7-18,20,37H,4-6,19,21-22H2,1-3H3,(H2,35,39,43). The number of nitrogens with zero attached hydrogens (tertiary/aromatic N) is 5. The summed E-state index contributed by atoms with van der Waals surface area (Å²) in [5.74, 6) is 0.0522. The van der Waals surface area contributed by atoms with Crippen LogP contribution in [0.2, 0.25) is 0 Å². The van der Waals surface area contributed by atoms with Gasteiger partial charge in [0.15, 0.2) is 0 Å². The third-order valence-corrected chi connectivity index (χ3v) is 9.36. The third-order valence-electron chi connectivity index (χ3n) is 7.55. The molecule has 0 atom stereocenters. The number of fused-ring (bicyclic) bond motifs is 2. The van der Waals surface area contributed by atoms with Crippen LogP contribution in [0.1, 0.15) is 38.1 Å². The molecule has 5 rings (SSSR count). The van der Waals surface area contributed by atoms with Crippen molar-refractivity contribution in [3.8, 4) is 0 Å². The number of pyridine rings is 1. The van der Waals surface area contributed by atoms with Crippen molar-refractivity contribution in [2.45, 2.75) is 38.1 Å². The number of aliphatic imine (C=N–C) groups is 1. The lowest BCUT2D eigenvalue weighted by Crippen LogP contribution is -2.36. The average molecular weight is 672 g/mol. The van der Waals surface area contributed by atoms with Crippen LogP contribution in [0.4, 0.5) is 16.2 Å². The number of sulfonamides is 1. The monoisotopic (exact) mass is 671 g/mol. The summed E-state index contributed by atoms with van der Waals surface area (Å²) < 4.78 is 41.4. The maximum atomic E-state index is 14.1. The minimum absolute atomic E-state index is 0.0261. The number of carbonyl (C=O) groups is 2. The minimum atomic E-state index is -4.25. The maximum Gasteiger partial charge on any atom is 0.435 e. The summed E-state index contributed by atoms with van der Waals surface area (Å²) in [7, 11) is -2.39.